The monoisotopic (exact) mass is 559 g/mol. The van der Waals surface area contributed by atoms with Gasteiger partial charge in [-0.2, -0.15) is 0 Å². The maximum absolute atomic E-state index is 12.3. The standard InChI is InChI=1S/C28H33NO9S/c1-3-33-27(31)24-25(28(32)34-4-2)38-23-15-20(10-11-21(23)37-24)35-13-12-29-16-19(30)17-36-22-9-5-7-18-8-6-14-39-26(18)22/h5,7,9-11,15,19,29-30H,3-4,6,8,12-14,16-17H2,1-2H3. The largest absolute Gasteiger partial charge is 0.492 e. The summed E-state index contributed by atoms with van der Waals surface area (Å²) < 4.78 is 32.9. The molecule has 2 N–H and O–H groups in total. The summed E-state index contributed by atoms with van der Waals surface area (Å²) in [6.07, 6.45) is 1.56. The summed E-state index contributed by atoms with van der Waals surface area (Å²) in [6, 6.07) is 10.8. The minimum absolute atomic E-state index is 0.0962. The van der Waals surface area contributed by atoms with Crippen molar-refractivity contribution in [2.24, 2.45) is 0 Å². The van der Waals surface area contributed by atoms with Gasteiger partial charge in [0.1, 0.15) is 30.8 Å². The number of rotatable bonds is 13. The van der Waals surface area contributed by atoms with Crippen molar-refractivity contribution in [1.82, 2.24) is 5.32 Å². The third-order valence-electron chi connectivity index (χ3n) is 5.72. The van der Waals surface area contributed by atoms with E-state index in [4.69, 9.17) is 28.4 Å². The van der Waals surface area contributed by atoms with Crippen LogP contribution >= 0.6 is 11.8 Å². The van der Waals surface area contributed by atoms with Crippen LogP contribution in [-0.2, 0) is 25.5 Å². The van der Waals surface area contributed by atoms with Gasteiger partial charge in [0.25, 0.3) is 11.5 Å². The molecule has 1 atom stereocenters. The summed E-state index contributed by atoms with van der Waals surface area (Å²) in [5.74, 6) is 0.399. The highest BCUT2D eigenvalue weighted by atomic mass is 32.2. The molecule has 0 saturated heterocycles. The molecule has 0 fully saturated rings. The molecule has 210 valence electrons. The maximum atomic E-state index is 12.3. The number of hydrogen-bond acceptors (Lipinski definition) is 11. The Morgan fingerprint density at radius 1 is 1.03 bits per heavy atom. The molecule has 39 heavy (non-hydrogen) atoms. The molecule has 2 aliphatic rings. The van der Waals surface area contributed by atoms with Gasteiger partial charge in [0.15, 0.2) is 11.5 Å². The van der Waals surface area contributed by atoms with E-state index >= 15 is 0 Å². The molecule has 4 rings (SSSR count). The minimum atomic E-state index is -0.838. The number of aliphatic hydroxyl groups is 1. The van der Waals surface area contributed by atoms with E-state index in [1.807, 2.05) is 12.1 Å². The van der Waals surface area contributed by atoms with E-state index in [0.29, 0.717) is 25.4 Å². The molecule has 1 unspecified atom stereocenters. The van der Waals surface area contributed by atoms with Crippen molar-refractivity contribution in [3.05, 3.63) is 53.5 Å². The molecular weight excluding hydrogens is 526 g/mol. The van der Waals surface area contributed by atoms with Gasteiger partial charge < -0.3 is 38.8 Å². The lowest BCUT2D eigenvalue weighted by Crippen LogP contribution is -2.33. The van der Waals surface area contributed by atoms with Crippen LogP contribution in [0.15, 0.2) is 52.8 Å². The van der Waals surface area contributed by atoms with Crippen LogP contribution in [0.3, 0.4) is 0 Å². The van der Waals surface area contributed by atoms with Gasteiger partial charge >= 0.3 is 11.9 Å². The lowest BCUT2D eigenvalue weighted by atomic mass is 10.1. The van der Waals surface area contributed by atoms with Crippen molar-refractivity contribution < 1.29 is 43.1 Å². The zero-order chi connectivity index (χ0) is 27.6. The van der Waals surface area contributed by atoms with Gasteiger partial charge in [-0.05, 0) is 56.2 Å². The highest BCUT2D eigenvalue weighted by Crippen LogP contribution is 2.39. The zero-order valence-electron chi connectivity index (χ0n) is 22.0. The summed E-state index contributed by atoms with van der Waals surface area (Å²) >= 11 is 1.80. The van der Waals surface area contributed by atoms with Gasteiger partial charge in [-0.25, -0.2) is 9.59 Å². The number of esters is 2. The number of benzene rings is 2. The molecule has 2 heterocycles. The van der Waals surface area contributed by atoms with Crippen molar-refractivity contribution in [1.29, 1.82) is 0 Å². The van der Waals surface area contributed by atoms with Crippen LogP contribution in [0.4, 0.5) is 0 Å². The van der Waals surface area contributed by atoms with E-state index in [1.165, 1.54) is 16.9 Å². The second-order valence-corrected chi connectivity index (χ2v) is 9.73. The fraction of sp³-hybridized carbons (Fsp3) is 0.429. The molecule has 11 heteroatoms. The Balaban J connectivity index is 1.23. The Labute approximate surface area is 231 Å². The third-order valence-corrected chi connectivity index (χ3v) is 6.97. The SMILES string of the molecule is CCOC(=O)C1=C(C(=O)OCC)Oc2cc(OCCNCC(O)COc3cccc4c3SCCC4)ccc2O1. The summed E-state index contributed by atoms with van der Waals surface area (Å²) in [5, 5.41) is 13.5. The normalized spacial score (nSPS) is 14.7. The van der Waals surface area contributed by atoms with Gasteiger partial charge in [-0.3, -0.25) is 0 Å². The number of aliphatic hydroxyl groups excluding tert-OH is 1. The molecule has 0 aliphatic carbocycles. The molecule has 0 bridgehead atoms. The number of carbonyl (C=O) groups excluding carboxylic acids is 2. The quantitative estimate of drug-likeness (QED) is 0.278. The minimum Gasteiger partial charge on any atom is -0.492 e. The predicted molar refractivity (Wildman–Crippen MR) is 143 cm³/mol. The van der Waals surface area contributed by atoms with Gasteiger partial charge in [0.05, 0.1) is 18.1 Å². The van der Waals surface area contributed by atoms with Crippen LogP contribution in [-0.4, -0.2) is 68.4 Å². The smallest absolute Gasteiger partial charge is 0.378 e. The van der Waals surface area contributed by atoms with Crippen molar-refractivity contribution >= 4 is 23.7 Å². The fourth-order valence-electron chi connectivity index (χ4n) is 3.94. The number of ether oxygens (including phenoxy) is 6. The number of nitrogens with one attached hydrogen (secondary N) is 1. The van der Waals surface area contributed by atoms with E-state index < -0.39 is 18.0 Å². The molecule has 0 amide bonds. The lowest BCUT2D eigenvalue weighted by Gasteiger charge is -2.22. The first-order valence-electron chi connectivity index (χ1n) is 13.0. The molecule has 2 aliphatic heterocycles. The second-order valence-electron chi connectivity index (χ2n) is 8.63. The average molecular weight is 560 g/mol. The number of hydrogen-bond donors (Lipinski definition) is 2. The van der Waals surface area contributed by atoms with Crippen LogP contribution in [0.1, 0.15) is 25.8 Å². The van der Waals surface area contributed by atoms with Crippen LogP contribution in [0.2, 0.25) is 0 Å². The Morgan fingerprint density at radius 3 is 2.51 bits per heavy atom. The Morgan fingerprint density at radius 2 is 1.77 bits per heavy atom. The highest BCUT2D eigenvalue weighted by Gasteiger charge is 2.33. The zero-order valence-corrected chi connectivity index (χ0v) is 22.8. The van der Waals surface area contributed by atoms with E-state index in [0.717, 1.165) is 17.9 Å². The van der Waals surface area contributed by atoms with E-state index in [2.05, 4.69) is 11.4 Å². The molecule has 2 aromatic rings. The van der Waals surface area contributed by atoms with Crippen molar-refractivity contribution in [2.75, 3.05) is 45.3 Å². The molecular formula is C28H33NO9S. The summed E-state index contributed by atoms with van der Waals surface area (Å²) in [5.41, 5.74) is 1.31. The van der Waals surface area contributed by atoms with Crippen LogP contribution in [0.25, 0.3) is 0 Å². The summed E-state index contributed by atoms with van der Waals surface area (Å²) in [4.78, 5) is 25.8. The first-order chi connectivity index (χ1) is 19.0. The van der Waals surface area contributed by atoms with Crippen LogP contribution in [0, 0.1) is 0 Å². The number of aryl methyl sites for hydroxylation is 1. The van der Waals surface area contributed by atoms with Gasteiger partial charge in [0, 0.05) is 19.2 Å². The molecule has 0 radical (unpaired) electrons. The van der Waals surface area contributed by atoms with Crippen molar-refractivity contribution in [2.45, 2.75) is 37.7 Å². The molecule has 10 nitrogen and oxygen atoms in total. The first-order valence-corrected chi connectivity index (χ1v) is 14.0. The van der Waals surface area contributed by atoms with Gasteiger partial charge in [-0.15, -0.1) is 11.8 Å². The molecule has 0 aromatic heterocycles. The Bertz CT molecular complexity index is 1200. The maximum Gasteiger partial charge on any atom is 0.378 e. The van der Waals surface area contributed by atoms with E-state index in [9.17, 15) is 14.7 Å². The number of fused-ring (bicyclic) bond motifs is 2. The van der Waals surface area contributed by atoms with E-state index in [-0.39, 0.29) is 42.8 Å². The Hall–Kier alpha value is -3.41. The van der Waals surface area contributed by atoms with E-state index in [1.54, 1.807) is 43.8 Å². The lowest BCUT2D eigenvalue weighted by molar-refractivity contribution is -0.146. The molecule has 0 spiro atoms. The molecule has 2 aromatic carbocycles. The highest BCUT2D eigenvalue weighted by molar-refractivity contribution is 7.99. The van der Waals surface area contributed by atoms with Gasteiger partial charge in [0.2, 0.25) is 0 Å². The van der Waals surface area contributed by atoms with Crippen LogP contribution < -0.4 is 24.3 Å². The molecule has 0 saturated carbocycles. The predicted octanol–water partition coefficient (Wildman–Crippen LogP) is 3.24. The Kier molecular flexibility index (Phi) is 10.3. The van der Waals surface area contributed by atoms with Gasteiger partial charge in [-0.1, -0.05) is 12.1 Å². The number of thioether (sulfide) groups is 1. The van der Waals surface area contributed by atoms with Crippen LogP contribution in [0.5, 0.6) is 23.0 Å². The fourth-order valence-corrected chi connectivity index (χ4v) is 5.06. The summed E-state index contributed by atoms with van der Waals surface area (Å²) in [7, 11) is 0. The third kappa shape index (κ3) is 7.59. The number of carbonyl (C=O) groups is 2. The summed E-state index contributed by atoms with van der Waals surface area (Å²) in [6.45, 7) is 4.80. The first kappa shape index (κ1) is 28.6. The topological polar surface area (TPSA) is 122 Å². The second kappa shape index (κ2) is 14.1. The average Bonchev–Trinajstić information content (AvgIpc) is 2.95. The van der Waals surface area contributed by atoms with Crippen molar-refractivity contribution in [3.8, 4) is 23.0 Å². The van der Waals surface area contributed by atoms with Crippen molar-refractivity contribution in [3.63, 3.8) is 0 Å².